The lowest BCUT2D eigenvalue weighted by Gasteiger charge is -2.40. The summed E-state index contributed by atoms with van der Waals surface area (Å²) in [6.45, 7) is 8.26. The Hall–Kier alpha value is -0.610. The summed E-state index contributed by atoms with van der Waals surface area (Å²) in [6.07, 6.45) is 2.20. The molecule has 0 aromatic heterocycles. The fraction of sp³-hybridized carbons (Fsp3) is 0.917. The van der Waals surface area contributed by atoms with Gasteiger partial charge in [-0.3, -0.25) is 4.79 Å². The van der Waals surface area contributed by atoms with Gasteiger partial charge in [-0.05, 0) is 31.7 Å². The highest BCUT2D eigenvalue weighted by atomic mass is 16.3. The lowest BCUT2D eigenvalue weighted by Crippen LogP contribution is -2.56. The first-order chi connectivity index (χ1) is 7.53. The lowest BCUT2D eigenvalue weighted by atomic mass is 9.77. The van der Waals surface area contributed by atoms with E-state index >= 15 is 0 Å². The highest BCUT2D eigenvalue weighted by molar-refractivity contribution is 5.82. The number of carbonyl (C=O) groups excluding carboxylic acids is 1. The molecule has 1 amide bonds. The van der Waals surface area contributed by atoms with Crippen molar-refractivity contribution in [1.82, 2.24) is 10.2 Å². The number of nitrogens with one attached hydrogen (secondary N) is 1. The number of carbonyl (C=O) groups is 1. The van der Waals surface area contributed by atoms with E-state index in [1.165, 1.54) is 0 Å². The molecule has 1 rings (SSSR count). The molecule has 1 saturated heterocycles. The largest absolute Gasteiger partial charge is 0.395 e. The van der Waals surface area contributed by atoms with Crippen molar-refractivity contribution >= 4 is 5.91 Å². The zero-order valence-electron chi connectivity index (χ0n) is 10.6. The maximum Gasteiger partial charge on any atom is 0.240 e. The highest BCUT2D eigenvalue weighted by Crippen LogP contribution is 2.30. The molecule has 2 N–H and O–H groups in total. The summed E-state index contributed by atoms with van der Waals surface area (Å²) in [5.41, 5.74) is 0.0121. The van der Waals surface area contributed by atoms with Crippen molar-refractivity contribution in [3.63, 3.8) is 0 Å². The van der Waals surface area contributed by atoms with Crippen LogP contribution in [0.3, 0.4) is 0 Å². The number of nitrogens with zero attached hydrogens (tertiary/aromatic N) is 1. The van der Waals surface area contributed by atoms with Crippen molar-refractivity contribution in [3.05, 3.63) is 0 Å². The van der Waals surface area contributed by atoms with Gasteiger partial charge in [-0.15, -0.1) is 0 Å². The monoisotopic (exact) mass is 228 g/mol. The average molecular weight is 228 g/mol. The summed E-state index contributed by atoms with van der Waals surface area (Å²) in [4.78, 5) is 14.0. The Morgan fingerprint density at radius 2 is 2.25 bits per heavy atom. The van der Waals surface area contributed by atoms with Gasteiger partial charge in [0.25, 0.3) is 0 Å². The minimum Gasteiger partial charge on any atom is -0.395 e. The normalized spacial score (nSPS) is 24.1. The quantitative estimate of drug-likeness (QED) is 0.741. The van der Waals surface area contributed by atoms with Crippen LogP contribution >= 0.6 is 0 Å². The Balaban J connectivity index is 2.70. The van der Waals surface area contributed by atoms with Crippen LogP contribution in [0.25, 0.3) is 0 Å². The smallest absolute Gasteiger partial charge is 0.240 e. The third kappa shape index (κ3) is 2.95. The van der Waals surface area contributed by atoms with Gasteiger partial charge in [-0.25, -0.2) is 0 Å². The van der Waals surface area contributed by atoms with E-state index in [2.05, 4.69) is 19.2 Å². The van der Waals surface area contributed by atoms with Crippen LogP contribution in [-0.2, 0) is 4.79 Å². The van der Waals surface area contributed by atoms with Gasteiger partial charge in [-0.2, -0.15) is 0 Å². The molecule has 1 fully saturated rings. The molecule has 1 aliphatic rings. The number of piperidine rings is 1. The molecule has 4 heteroatoms. The number of amides is 1. The van der Waals surface area contributed by atoms with Crippen LogP contribution in [0, 0.1) is 5.41 Å². The van der Waals surface area contributed by atoms with Crippen LogP contribution in [0.1, 0.15) is 33.6 Å². The van der Waals surface area contributed by atoms with Gasteiger partial charge in [0, 0.05) is 13.1 Å². The van der Waals surface area contributed by atoms with Crippen LogP contribution in [0.2, 0.25) is 0 Å². The summed E-state index contributed by atoms with van der Waals surface area (Å²) < 4.78 is 0. The lowest BCUT2D eigenvalue weighted by molar-refractivity contribution is -0.137. The molecule has 1 heterocycles. The van der Waals surface area contributed by atoms with Crippen molar-refractivity contribution in [1.29, 1.82) is 0 Å². The first kappa shape index (κ1) is 13.5. The van der Waals surface area contributed by atoms with E-state index in [-0.39, 0.29) is 24.0 Å². The number of aliphatic hydroxyl groups is 1. The molecule has 0 radical (unpaired) electrons. The SMILES string of the molecule is CCN(CCO)C(=O)C1NCCCC1(C)C. The Morgan fingerprint density at radius 1 is 1.56 bits per heavy atom. The number of hydrogen-bond donors (Lipinski definition) is 2. The van der Waals surface area contributed by atoms with E-state index in [4.69, 9.17) is 5.11 Å². The predicted molar refractivity (Wildman–Crippen MR) is 64.1 cm³/mol. The Morgan fingerprint density at radius 3 is 2.75 bits per heavy atom. The summed E-state index contributed by atoms with van der Waals surface area (Å²) in [5, 5.41) is 12.2. The van der Waals surface area contributed by atoms with Crippen LogP contribution in [-0.4, -0.2) is 48.2 Å². The molecule has 4 nitrogen and oxygen atoms in total. The molecule has 0 saturated carbocycles. The molecule has 0 spiro atoms. The van der Waals surface area contributed by atoms with Crippen molar-refractivity contribution in [2.24, 2.45) is 5.41 Å². The number of rotatable bonds is 4. The molecule has 0 bridgehead atoms. The van der Waals surface area contributed by atoms with Gasteiger partial charge in [0.05, 0.1) is 12.6 Å². The second-order valence-corrected chi connectivity index (χ2v) is 5.12. The Bertz CT molecular complexity index is 241. The van der Waals surface area contributed by atoms with Crippen LogP contribution in [0.5, 0.6) is 0 Å². The van der Waals surface area contributed by atoms with Crippen LogP contribution in [0.4, 0.5) is 0 Å². The van der Waals surface area contributed by atoms with Gasteiger partial charge in [0.15, 0.2) is 0 Å². The zero-order valence-corrected chi connectivity index (χ0v) is 10.6. The topological polar surface area (TPSA) is 52.6 Å². The Labute approximate surface area is 98.0 Å². The molecule has 0 aliphatic carbocycles. The molecule has 0 aromatic carbocycles. The Kier molecular flexibility index (Phi) is 4.74. The van der Waals surface area contributed by atoms with Gasteiger partial charge < -0.3 is 15.3 Å². The van der Waals surface area contributed by atoms with Crippen LogP contribution in [0.15, 0.2) is 0 Å². The van der Waals surface area contributed by atoms with Crippen LogP contribution < -0.4 is 5.32 Å². The number of likely N-dealkylation sites (N-methyl/N-ethyl adjacent to an activating group) is 1. The van der Waals surface area contributed by atoms with Gasteiger partial charge in [0.2, 0.25) is 5.91 Å². The standard InChI is InChI=1S/C12H24N2O2/c1-4-14(8-9-15)11(16)10-12(2,3)6-5-7-13-10/h10,13,15H,4-9H2,1-3H3. The van der Waals surface area contributed by atoms with Crippen molar-refractivity contribution in [3.8, 4) is 0 Å². The zero-order chi connectivity index (χ0) is 12.2. The maximum absolute atomic E-state index is 12.3. The fourth-order valence-electron chi connectivity index (χ4n) is 2.36. The summed E-state index contributed by atoms with van der Waals surface area (Å²) >= 11 is 0. The molecule has 1 atom stereocenters. The van der Waals surface area contributed by atoms with Crippen molar-refractivity contribution in [2.75, 3.05) is 26.2 Å². The van der Waals surface area contributed by atoms with E-state index in [0.29, 0.717) is 13.1 Å². The molecule has 1 unspecified atom stereocenters. The maximum atomic E-state index is 12.3. The third-order valence-electron chi connectivity index (χ3n) is 3.44. The van der Waals surface area contributed by atoms with Crippen molar-refractivity contribution < 1.29 is 9.90 Å². The predicted octanol–water partition coefficient (Wildman–Crippen LogP) is 0.605. The van der Waals surface area contributed by atoms with E-state index in [0.717, 1.165) is 19.4 Å². The van der Waals surface area contributed by atoms with Gasteiger partial charge in [0.1, 0.15) is 0 Å². The van der Waals surface area contributed by atoms with E-state index in [9.17, 15) is 4.79 Å². The van der Waals surface area contributed by atoms with Gasteiger partial charge in [-0.1, -0.05) is 13.8 Å². The minimum atomic E-state index is -0.104. The molecule has 0 aromatic rings. The van der Waals surface area contributed by atoms with E-state index < -0.39 is 0 Å². The molecule has 16 heavy (non-hydrogen) atoms. The number of hydrogen-bond acceptors (Lipinski definition) is 3. The second kappa shape index (κ2) is 5.64. The highest BCUT2D eigenvalue weighted by Gasteiger charge is 2.38. The molecule has 1 aliphatic heterocycles. The summed E-state index contributed by atoms with van der Waals surface area (Å²) in [6, 6.07) is -0.104. The van der Waals surface area contributed by atoms with Gasteiger partial charge >= 0.3 is 0 Å². The molecular formula is C12H24N2O2. The average Bonchev–Trinajstić information content (AvgIpc) is 2.24. The first-order valence-corrected chi connectivity index (χ1v) is 6.16. The summed E-state index contributed by atoms with van der Waals surface area (Å²) in [7, 11) is 0. The fourth-order valence-corrected chi connectivity index (χ4v) is 2.36. The van der Waals surface area contributed by atoms with E-state index in [1.807, 2.05) is 6.92 Å². The van der Waals surface area contributed by atoms with E-state index in [1.54, 1.807) is 4.90 Å². The number of aliphatic hydroxyl groups excluding tert-OH is 1. The minimum absolute atomic E-state index is 0.0121. The molecule has 94 valence electrons. The summed E-state index contributed by atoms with van der Waals surface area (Å²) in [5.74, 6) is 0.126. The third-order valence-corrected chi connectivity index (χ3v) is 3.44. The molecular weight excluding hydrogens is 204 g/mol. The second-order valence-electron chi connectivity index (χ2n) is 5.12. The first-order valence-electron chi connectivity index (χ1n) is 6.16. The van der Waals surface area contributed by atoms with Crippen molar-refractivity contribution in [2.45, 2.75) is 39.7 Å².